The van der Waals surface area contributed by atoms with Gasteiger partial charge < -0.3 is 15.5 Å². The average Bonchev–Trinajstić information content (AvgIpc) is 2.92. The number of amides is 5. The molecule has 2 N–H and O–H groups in total. The van der Waals surface area contributed by atoms with E-state index in [0.717, 1.165) is 4.90 Å². The quantitative estimate of drug-likeness (QED) is 0.653. The summed E-state index contributed by atoms with van der Waals surface area (Å²) < 4.78 is 0.680. The fraction of sp³-hybridized carbons (Fsp3) is 0.238. The lowest BCUT2D eigenvalue weighted by Crippen LogP contribution is -2.42. The van der Waals surface area contributed by atoms with Crippen molar-refractivity contribution >= 4 is 45.4 Å². The van der Waals surface area contributed by atoms with E-state index >= 15 is 0 Å². The Bertz CT molecular complexity index is 1020. The zero-order valence-corrected chi connectivity index (χ0v) is 18.3. The Hall–Kier alpha value is -3.20. The molecule has 1 aliphatic rings. The van der Waals surface area contributed by atoms with Crippen LogP contribution in [-0.2, 0) is 15.1 Å². The molecule has 2 aromatic rings. The van der Waals surface area contributed by atoms with Crippen LogP contribution in [0.4, 0.5) is 10.5 Å². The SMILES string of the molecule is CN(C)C(=O)c1ccc(NC(=O)CN2C(=O)NC(C)(c3ccccc3Br)C2=O)cc1. The van der Waals surface area contributed by atoms with Gasteiger partial charge in [0.1, 0.15) is 12.1 Å². The zero-order chi connectivity index (χ0) is 22.1. The second-order valence-corrected chi connectivity index (χ2v) is 8.11. The van der Waals surface area contributed by atoms with Crippen LogP contribution in [0.2, 0.25) is 0 Å². The lowest BCUT2D eigenvalue weighted by molar-refractivity contribution is -0.133. The van der Waals surface area contributed by atoms with Gasteiger partial charge in [0.2, 0.25) is 5.91 Å². The highest BCUT2D eigenvalue weighted by Gasteiger charge is 2.50. The molecule has 0 aromatic heterocycles. The first-order valence-electron chi connectivity index (χ1n) is 9.14. The smallest absolute Gasteiger partial charge is 0.325 e. The molecule has 9 heteroatoms. The molecular formula is C21H21BrN4O4. The number of rotatable bonds is 5. The van der Waals surface area contributed by atoms with Crippen LogP contribution in [0.3, 0.4) is 0 Å². The van der Waals surface area contributed by atoms with Crippen LogP contribution in [0.25, 0.3) is 0 Å². The highest BCUT2D eigenvalue weighted by Crippen LogP contribution is 2.33. The van der Waals surface area contributed by atoms with E-state index in [1.807, 2.05) is 0 Å². The lowest BCUT2D eigenvalue weighted by Gasteiger charge is -2.23. The Morgan fingerprint density at radius 2 is 1.73 bits per heavy atom. The number of benzene rings is 2. The maximum absolute atomic E-state index is 13.0. The molecule has 156 valence electrons. The topological polar surface area (TPSA) is 98.8 Å². The summed E-state index contributed by atoms with van der Waals surface area (Å²) in [6.07, 6.45) is 0. The molecule has 1 unspecified atom stereocenters. The summed E-state index contributed by atoms with van der Waals surface area (Å²) in [5, 5.41) is 5.31. The normalized spacial score (nSPS) is 18.2. The number of anilines is 1. The molecule has 30 heavy (non-hydrogen) atoms. The molecule has 1 fully saturated rings. The second-order valence-electron chi connectivity index (χ2n) is 7.25. The highest BCUT2D eigenvalue weighted by atomic mass is 79.9. The number of hydrogen-bond donors (Lipinski definition) is 2. The van der Waals surface area contributed by atoms with Gasteiger partial charge in [-0.1, -0.05) is 34.1 Å². The summed E-state index contributed by atoms with van der Waals surface area (Å²) in [5.41, 5.74) is 0.269. The third kappa shape index (κ3) is 4.06. The summed E-state index contributed by atoms with van der Waals surface area (Å²) in [5.74, 6) is -1.19. The molecule has 5 amide bonds. The van der Waals surface area contributed by atoms with Crippen molar-refractivity contribution in [1.29, 1.82) is 0 Å². The minimum Gasteiger partial charge on any atom is -0.345 e. The van der Waals surface area contributed by atoms with E-state index < -0.39 is 29.9 Å². The van der Waals surface area contributed by atoms with Crippen molar-refractivity contribution in [2.24, 2.45) is 0 Å². The summed E-state index contributed by atoms with van der Waals surface area (Å²) in [6.45, 7) is 1.18. The van der Waals surface area contributed by atoms with Crippen LogP contribution >= 0.6 is 15.9 Å². The predicted octanol–water partition coefficient (Wildman–Crippen LogP) is 2.56. The van der Waals surface area contributed by atoms with Crippen LogP contribution in [0.1, 0.15) is 22.8 Å². The van der Waals surface area contributed by atoms with Crippen molar-refractivity contribution in [2.45, 2.75) is 12.5 Å². The maximum Gasteiger partial charge on any atom is 0.325 e. The zero-order valence-electron chi connectivity index (χ0n) is 16.7. The fourth-order valence-electron chi connectivity index (χ4n) is 3.19. The van der Waals surface area contributed by atoms with Crippen LogP contribution in [0.15, 0.2) is 53.0 Å². The Morgan fingerprint density at radius 3 is 2.33 bits per heavy atom. The van der Waals surface area contributed by atoms with Crippen LogP contribution in [0.5, 0.6) is 0 Å². The molecule has 8 nitrogen and oxygen atoms in total. The number of nitrogens with zero attached hydrogens (tertiary/aromatic N) is 2. The van der Waals surface area contributed by atoms with Gasteiger partial charge in [-0.05, 0) is 37.3 Å². The first-order valence-corrected chi connectivity index (χ1v) is 9.93. The van der Waals surface area contributed by atoms with Crippen molar-refractivity contribution in [3.8, 4) is 0 Å². The van der Waals surface area contributed by atoms with Crippen molar-refractivity contribution in [3.05, 3.63) is 64.1 Å². The summed E-state index contributed by atoms with van der Waals surface area (Å²) >= 11 is 3.40. The van der Waals surface area contributed by atoms with E-state index in [-0.39, 0.29) is 5.91 Å². The molecule has 2 aromatic carbocycles. The van der Waals surface area contributed by atoms with Gasteiger partial charge >= 0.3 is 6.03 Å². The molecule has 3 rings (SSSR count). The molecule has 0 spiro atoms. The van der Waals surface area contributed by atoms with Gasteiger partial charge in [0.05, 0.1) is 0 Å². The maximum atomic E-state index is 13.0. The summed E-state index contributed by atoms with van der Waals surface area (Å²) in [7, 11) is 3.30. The van der Waals surface area contributed by atoms with E-state index in [0.29, 0.717) is 21.3 Å². The van der Waals surface area contributed by atoms with Gasteiger partial charge in [0, 0.05) is 35.4 Å². The number of nitrogens with one attached hydrogen (secondary N) is 2. The molecule has 0 bridgehead atoms. The van der Waals surface area contributed by atoms with E-state index in [2.05, 4.69) is 26.6 Å². The summed E-state index contributed by atoms with van der Waals surface area (Å²) in [6, 6.07) is 12.8. The monoisotopic (exact) mass is 472 g/mol. The highest BCUT2D eigenvalue weighted by molar-refractivity contribution is 9.10. The second kappa shape index (κ2) is 8.27. The molecular weight excluding hydrogens is 452 g/mol. The van der Waals surface area contributed by atoms with Crippen molar-refractivity contribution < 1.29 is 19.2 Å². The van der Waals surface area contributed by atoms with Crippen molar-refractivity contribution in [1.82, 2.24) is 15.1 Å². The molecule has 1 atom stereocenters. The Labute approximate surface area is 182 Å². The van der Waals surface area contributed by atoms with Gasteiger partial charge in [0.25, 0.3) is 11.8 Å². The molecule has 1 aliphatic heterocycles. The summed E-state index contributed by atoms with van der Waals surface area (Å²) in [4.78, 5) is 52.1. The van der Waals surface area contributed by atoms with Crippen LogP contribution in [0, 0.1) is 0 Å². The van der Waals surface area contributed by atoms with E-state index in [4.69, 9.17) is 0 Å². The predicted molar refractivity (Wildman–Crippen MR) is 115 cm³/mol. The van der Waals surface area contributed by atoms with Gasteiger partial charge in [-0.25, -0.2) is 4.79 Å². The van der Waals surface area contributed by atoms with Gasteiger partial charge in [-0.3, -0.25) is 19.3 Å². The van der Waals surface area contributed by atoms with Gasteiger partial charge in [0.15, 0.2) is 0 Å². The molecule has 1 heterocycles. The minimum atomic E-state index is -1.27. The first kappa shape index (κ1) is 21.5. The van der Waals surface area contributed by atoms with Gasteiger partial charge in [-0.2, -0.15) is 0 Å². The van der Waals surface area contributed by atoms with Crippen molar-refractivity contribution in [2.75, 3.05) is 26.0 Å². The third-order valence-electron chi connectivity index (χ3n) is 4.81. The van der Waals surface area contributed by atoms with Gasteiger partial charge in [-0.15, -0.1) is 0 Å². The number of carbonyl (C=O) groups is 4. The van der Waals surface area contributed by atoms with Crippen molar-refractivity contribution in [3.63, 3.8) is 0 Å². The third-order valence-corrected chi connectivity index (χ3v) is 5.50. The van der Waals surface area contributed by atoms with E-state index in [9.17, 15) is 19.2 Å². The number of carbonyl (C=O) groups excluding carboxylic acids is 4. The standard InChI is InChI=1S/C21H21BrN4O4/c1-21(15-6-4-5-7-16(15)22)19(29)26(20(30)24-21)12-17(27)23-14-10-8-13(9-11-14)18(28)25(2)3/h4-11H,12H2,1-3H3,(H,23,27)(H,24,30). The number of urea groups is 1. The van der Waals surface area contributed by atoms with Crippen LogP contribution in [-0.4, -0.2) is 54.2 Å². The first-order chi connectivity index (χ1) is 14.1. The van der Waals surface area contributed by atoms with Crippen LogP contribution < -0.4 is 10.6 Å². The Morgan fingerprint density at radius 1 is 1.10 bits per heavy atom. The lowest BCUT2D eigenvalue weighted by atomic mass is 9.92. The number of halogens is 1. The van der Waals surface area contributed by atoms with E-state index in [1.165, 1.54) is 4.90 Å². The Balaban J connectivity index is 1.70. The molecule has 0 saturated carbocycles. The number of hydrogen-bond acceptors (Lipinski definition) is 4. The minimum absolute atomic E-state index is 0.154. The average molecular weight is 473 g/mol. The largest absolute Gasteiger partial charge is 0.345 e. The molecule has 0 aliphatic carbocycles. The number of imide groups is 1. The van der Waals surface area contributed by atoms with E-state index in [1.54, 1.807) is 69.6 Å². The fourth-order valence-corrected chi connectivity index (χ4v) is 3.87. The molecule has 0 radical (unpaired) electrons. The molecule has 1 saturated heterocycles. The Kier molecular flexibility index (Phi) is 5.93.